The van der Waals surface area contributed by atoms with E-state index in [1.165, 1.54) is 23.9 Å². The maximum Gasteiger partial charge on any atom is 0.416 e. The number of ether oxygens (including phenoxy) is 1. The van der Waals surface area contributed by atoms with Gasteiger partial charge in [-0.15, -0.1) is 0 Å². The number of nitrogens with zero attached hydrogens (tertiary/aromatic N) is 1. The van der Waals surface area contributed by atoms with Crippen LogP contribution in [0.25, 0.3) is 0 Å². The summed E-state index contributed by atoms with van der Waals surface area (Å²) in [4.78, 5) is 13.6. The highest BCUT2D eigenvalue weighted by Crippen LogP contribution is 2.46. The molecule has 0 saturated carbocycles. The quantitative estimate of drug-likeness (QED) is 0.616. The lowest BCUT2D eigenvalue weighted by molar-refractivity contribution is -0.138. The SMILES string of the molecule is CCOC(=O)C=C1Sc2ccc(C(F)(F)F)cc2N1C. The van der Waals surface area contributed by atoms with Crippen molar-refractivity contribution in [2.24, 2.45) is 0 Å². The van der Waals surface area contributed by atoms with Crippen LogP contribution in [0, 0.1) is 0 Å². The lowest BCUT2D eigenvalue weighted by Gasteiger charge is -2.15. The second-order valence-corrected chi connectivity index (χ2v) is 5.14. The molecule has 1 aromatic carbocycles. The van der Waals surface area contributed by atoms with Crippen LogP contribution in [0.5, 0.6) is 0 Å². The highest BCUT2D eigenvalue weighted by molar-refractivity contribution is 8.03. The molecule has 0 fully saturated rings. The van der Waals surface area contributed by atoms with Gasteiger partial charge in [0.1, 0.15) is 0 Å². The van der Waals surface area contributed by atoms with Crippen LogP contribution in [-0.2, 0) is 15.7 Å². The van der Waals surface area contributed by atoms with Crippen molar-refractivity contribution in [3.8, 4) is 0 Å². The van der Waals surface area contributed by atoms with E-state index < -0.39 is 17.7 Å². The van der Waals surface area contributed by atoms with E-state index in [0.717, 1.165) is 12.1 Å². The summed E-state index contributed by atoms with van der Waals surface area (Å²) in [6.45, 7) is 1.94. The molecule has 2 rings (SSSR count). The van der Waals surface area contributed by atoms with Crippen LogP contribution in [0.3, 0.4) is 0 Å². The smallest absolute Gasteiger partial charge is 0.416 e. The predicted molar refractivity (Wildman–Crippen MR) is 70.4 cm³/mol. The van der Waals surface area contributed by atoms with Crippen molar-refractivity contribution in [2.75, 3.05) is 18.6 Å². The van der Waals surface area contributed by atoms with Crippen molar-refractivity contribution in [3.63, 3.8) is 0 Å². The normalized spacial score (nSPS) is 16.4. The summed E-state index contributed by atoms with van der Waals surface area (Å²) in [7, 11) is 1.62. The van der Waals surface area contributed by atoms with E-state index in [1.807, 2.05) is 0 Å². The van der Waals surface area contributed by atoms with Crippen molar-refractivity contribution >= 4 is 23.4 Å². The number of carbonyl (C=O) groups excluding carboxylic acids is 1. The van der Waals surface area contributed by atoms with Gasteiger partial charge in [-0.1, -0.05) is 11.8 Å². The van der Waals surface area contributed by atoms with Gasteiger partial charge in [0.2, 0.25) is 0 Å². The minimum atomic E-state index is -4.38. The molecular weight excluding hydrogens is 291 g/mol. The number of thioether (sulfide) groups is 1. The topological polar surface area (TPSA) is 29.5 Å². The number of halogens is 3. The van der Waals surface area contributed by atoms with E-state index in [0.29, 0.717) is 15.6 Å². The first-order valence-electron chi connectivity index (χ1n) is 5.84. The average molecular weight is 303 g/mol. The van der Waals surface area contributed by atoms with Crippen molar-refractivity contribution in [3.05, 3.63) is 34.9 Å². The molecule has 0 saturated heterocycles. The summed E-state index contributed by atoms with van der Waals surface area (Å²) in [6, 6.07) is 3.52. The number of carbonyl (C=O) groups is 1. The maximum absolute atomic E-state index is 12.7. The van der Waals surface area contributed by atoms with Crippen LogP contribution in [0.1, 0.15) is 12.5 Å². The fourth-order valence-electron chi connectivity index (χ4n) is 1.75. The van der Waals surface area contributed by atoms with Gasteiger partial charge in [-0.2, -0.15) is 13.2 Å². The average Bonchev–Trinajstić information content (AvgIpc) is 2.65. The molecule has 0 atom stereocenters. The summed E-state index contributed by atoms with van der Waals surface area (Å²) in [5, 5.41) is 0.540. The van der Waals surface area contributed by atoms with E-state index in [4.69, 9.17) is 4.74 Å². The number of fused-ring (bicyclic) bond motifs is 1. The Bertz CT molecular complexity index is 569. The van der Waals surface area contributed by atoms with Crippen LogP contribution < -0.4 is 4.90 Å². The van der Waals surface area contributed by atoms with E-state index >= 15 is 0 Å². The third kappa shape index (κ3) is 2.92. The number of benzene rings is 1. The van der Waals surface area contributed by atoms with Gasteiger partial charge in [0.05, 0.1) is 29.0 Å². The van der Waals surface area contributed by atoms with Gasteiger partial charge in [0.25, 0.3) is 0 Å². The van der Waals surface area contributed by atoms with Crippen molar-refractivity contribution in [1.29, 1.82) is 0 Å². The second kappa shape index (κ2) is 5.40. The zero-order valence-corrected chi connectivity index (χ0v) is 11.6. The van der Waals surface area contributed by atoms with Gasteiger partial charge in [-0.25, -0.2) is 4.79 Å². The first kappa shape index (κ1) is 14.8. The Balaban J connectivity index is 2.30. The third-order valence-corrected chi connectivity index (χ3v) is 3.89. The predicted octanol–water partition coefficient (Wildman–Crippen LogP) is 3.65. The minimum Gasteiger partial charge on any atom is -0.463 e. The summed E-state index contributed by atoms with van der Waals surface area (Å²) in [6.07, 6.45) is -3.10. The highest BCUT2D eigenvalue weighted by Gasteiger charge is 2.33. The van der Waals surface area contributed by atoms with Gasteiger partial charge in [-0.3, -0.25) is 0 Å². The molecule has 7 heteroatoms. The van der Waals surface area contributed by atoms with E-state index in [9.17, 15) is 18.0 Å². The lowest BCUT2D eigenvalue weighted by atomic mass is 10.2. The fraction of sp³-hybridized carbons (Fsp3) is 0.308. The highest BCUT2D eigenvalue weighted by atomic mass is 32.2. The van der Waals surface area contributed by atoms with Crippen LogP contribution in [0.15, 0.2) is 34.2 Å². The van der Waals surface area contributed by atoms with Crippen LogP contribution in [-0.4, -0.2) is 19.6 Å². The monoisotopic (exact) mass is 303 g/mol. The molecule has 3 nitrogen and oxygen atoms in total. The standard InChI is InChI=1S/C13H12F3NO2S/c1-3-19-12(18)7-11-17(2)9-6-8(13(14,15)16)4-5-10(9)20-11/h4-7H,3H2,1-2H3. The Morgan fingerprint density at radius 3 is 2.75 bits per heavy atom. The summed E-state index contributed by atoms with van der Waals surface area (Å²) >= 11 is 1.24. The van der Waals surface area contributed by atoms with Crippen LogP contribution in [0.4, 0.5) is 18.9 Å². The Labute approximate surface area is 118 Å². The first-order valence-corrected chi connectivity index (χ1v) is 6.66. The molecule has 0 amide bonds. The van der Waals surface area contributed by atoms with E-state index in [1.54, 1.807) is 18.9 Å². The van der Waals surface area contributed by atoms with Gasteiger partial charge in [-0.05, 0) is 25.1 Å². The Morgan fingerprint density at radius 2 is 2.15 bits per heavy atom. The Kier molecular flexibility index (Phi) is 3.99. The number of anilines is 1. The number of alkyl halides is 3. The van der Waals surface area contributed by atoms with Crippen molar-refractivity contribution in [2.45, 2.75) is 18.0 Å². The molecule has 1 heterocycles. The van der Waals surface area contributed by atoms with Crippen LogP contribution in [0.2, 0.25) is 0 Å². The molecule has 0 N–H and O–H groups in total. The number of rotatable bonds is 2. The lowest BCUT2D eigenvalue weighted by Crippen LogP contribution is -2.13. The molecule has 0 radical (unpaired) electrons. The summed E-state index contributed by atoms with van der Waals surface area (Å²) in [5.41, 5.74) is -0.276. The van der Waals surface area contributed by atoms with E-state index in [-0.39, 0.29) is 6.61 Å². The molecule has 108 valence electrons. The fourth-order valence-corrected chi connectivity index (χ4v) is 2.81. The van der Waals surface area contributed by atoms with Crippen LogP contribution >= 0.6 is 11.8 Å². The van der Waals surface area contributed by atoms with Gasteiger partial charge < -0.3 is 9.64 Å². The molecule has 1 aliphatic rings. The molecule has 20 heavy (non-hydrogen) atoms. The van der Waals surface area contributed by atoms with Gasteiger partial charge >= 0.3 is 12.1 Å². The molecule has 0 bridgehead atoms. The Morgan fingerprint density at radius 1 is 1.45 bits per heavy atom. The maximum atomic E-state index is 12.7. The molecular formula is C13H12F3NO2S. The molecule has 0 unspecified atom stereocenters. The zero-order valence-electron chi connectivity index (χ0n) is 10.8. The van der Waals surface area contributed by atoms with Gasteiger partial charge in [0, 0.05) is 11.9 Å². The Hall–Kier alpha value is -1.63. The largest absolute Gasteiger partial charge is 0.463 e. The molecule has 1 aromatic rings. The van der Waals surface area contributed by atoms with Gasteiger partial charge in [0.15, 0.2) is 0 Å². The number of hydrogen-bond acceptors (Lipinski definition) is 4. The molecule has 0 spiro atoms. The second-order valence-electron chi connectivity index (χ2n) is 4.08. The molecule has 0 aromatic heterocycles. The van der Waals surface area contributed by atoms with E-state index in [2.05, 4.69) is 0 Å². The summed E-state index contributed by atoms with van der Waals surface area (Å²) < 4.78 is 42.8. The first-order chi connectivity index (χ1) is 9.32. The minimum absolute atomic E-state index is 0.252. The zero-order chi connectivity index (χ0) is 14.9. The number of esters is 1. The number of hydrogen-bond donors (Lipinski definition) is 0. The summed E-state index contributed by atoms with van der Waals surface area (Å²) in [5.74, 6) is -0.509. The molecule has 0 aliphatic carbocycles. The van der Waals surface area contributed by atoms with Crippen molar-refractivity contribution < 1.29 is 22.7 Å². The molecule has 1 aliphatic heterocycles. The third-order valence-electron chi connectivity index (χ3n) is 2.72. The van der Waals surface area contributed by atoms with Crippen molar-refractivity contribution in [1.82, 2.24) is 0 Å².